The molecule has 2 aromatic heterocycles. The molecule has 0 unspecified atom stereocenters. The third-order valence-electron chi connectivity index (χ3n) is 7.86. The average molecular weight is 595 g/mol. The first-order valence-corrected chi connectivity index (χ1v) is 14.6. The summed E-state index contributed by atoms with van der Waals surface area (Å²) in [5.41, 5.74) is 6.61. The molecule has 0 bridgehead atoms. The Labute approximate surface area is 257 Å². The molecular weight excluding hydrogens is 556 g/mol. The molecule has 0 aliphatic carbocycles. The lowest BCUT2D eigenvalue weighted by molar-refractivity contribution is 0.148. The number of aryl methyl sites for hydroxylation is 1. The largest absolute Gasteiger partial charge is 0.493 e. The summed E-state index contributed by atoms with van der Waals surface area (Å²) in [6.07, 6.45) is 1.77. The van der Waals surface area contributed by atoms with Crippen LogP contribution >= 0.6 is 0 Å². The number of ether oxygens (including phenoxy) is 3. The average Bonchev–Trinajstić information content (AvgIpc) is 3.38. The second kappa shape index (κ2) is 12.8. The van der Waals surface area contributed by atoms with Gasteiger partial charge in [-0.2, -0.15) is 0 Å². The van der Waals surface area contributed by atoms with E-state index in [9.17, 15) is 0 Å². The lowest BCUT2D eigenvalue weighted by Gasteiger charge is -2.32. The Morgan fingerprint density at radius 1 is 0.795 bits per heavy atom. The van der Waals surface area contributed by atoms with Gasteiger partial charge in [0.15, 0.2) is 17.3 Å². The van der Waals surface area contributed by atoms with Crippen LogP contribution in [0.1, 0.15) is 11.3 Å². The molecule has 1 aliphatic rings. The zero-order chi connectivity index (χ0) is 30.6. The van der Waals surface area contributed by atoms with Crippen LogP contribution < -0.4 is 24.8 Å². The van der Waals surface area contributed by atoms with Gasteiger partial charge in [0, 0.05) is 67.5 Å². The highest BCUT2D eigenvalue weighted by Gasteiger charge is 2.17. The van der Waals surface area contributed by atoms with Gasteiger partial charge in [-0.1, -0.05) is 24.3 Å². The fourth-order valence-corrected chi connectivity index (χ4v) is 5.41. The molecule has 11 nitrogen and oxygen atoms in total. The van der Waals surface area contributed by atoms with Crippen molar-refractivity contribution in [2.45, 2.75) is 13.5 Å². The molecule has 228 valence electrons. The summed E-state index contributed by atoms with van der Waals surface area (Å²) < 4.78 is 18.2. The van der Waals surface area contributed by atoms with Crippen LogP contribution in [0.2, 0.25) is 0 Å². The Morgan fingerprint density at radius 3 is 2.20 bits per heavy atom. The van der Waals surface area contributed by atoms with Crippen LogP contribution in [0.3, 0.4) is 0 Å². The summed E-state index contributed by atoms with van der Waals surface area (Å²) in [6, 6.07) is 20.5. The van der Waals surface area contributed by atoms with Crippen molar-refractivity contribution in [3.63, 3.8) is 0 Å². The van der Waals surface area contributed by atoms with Gasteiger partial charge < -0.3 is 29.7 Å². The maximum atomic E-state index is 5.49. The van der Waals surface area contributed by atoms with Gasteiger partial charge in [-0.15, -0.1) is 5.10 Å². The van der Waals surface area contributed by atoms with Gasteiger partial charge in [0.25, 0.3) is 0 Å². The first kappa shape index (κ1) is 29.2. The van der Waals surface area contributed by atoms with E-state index >= 15 is 0 Å². The Bertz CT molecular complexity index is 1720. The number of hydrogen-bond donors (Lipinski definition) is 2. The standard InChI is InChI=1S/C33H38N8O3/c1-22-28-20-34-33(37-27-18-29(42-3)31(44-5)30(19-27)43-4)38-41(28)32(35-22)24-7-6-8-26(17-24)36-25-11-9-23(10-12-25)21-40-15-13-39(2)14-16-40/h6-12,17-20,36H,13-16,21H2,1-5H3,(H,37,38). The van der Waals surface area contributed by atoms with E-state index < -0.39 is 0 Å². The zero-order valence-electron chi connectivity index (χ0n) is 25.8. The van der Waals surface area contributed by atoms with E-state index in [1.165, 1.54) is 5.56 Å². The van der Waals surface area contributed by atoms with Crippen molar-refractivity contribution in [1.29, 1.82) is 0 Å². The van der Waals surface area contributed by atoms with E-state index in [0.717, 1.165) is 66.7 Å². The number of benzene rings is 3. The lowest BCUT2D eigenvalue weighted by atomic mass is 10.1. The van der Waals surface area contributed by atoms with Gasteiger partial charge in [-0.3, -0.25) is 4.90 Å². The molecule has 5 aromatic rings. The van der Waals surface area contributed by atoms with Crippen LogP contribution in [-0.4, -0.2) is 83.9 Å². The zero-order valence-corrected chi connectivity index (χ0v) is 25.8. The molecule has 1 aliphatic heterocycles. The predicted molar refractivity (Wildman–Crippen MR) is 173 cm³/mol. The number of methoxy groups -OCH3 is 3. The van der Waals surface area contributed by atoms with Crippen molar-refractivity contribution < 1.29 is 14.2 Å². The van der Waals surface area contributed by atoms with E-state index in [4.69, 9.17) is 24.3 Å². The van der Waals surface area contributed by atoms with Crippen LogP contribution in [0.5, 0.6) is 17.2 Å². The first-order chi connectivity index (χ1) is 21.4. The summed E-state index contributed by atoms with van der Waals surface area (Å²) in [6.45, 7) is 7.41. The third-order valence-corrected chi connectivity index (χ3v) is 7.86. The van der Waals surface area contributed by atoms with Crippen LogP contribution in [-0.2, 0) is 6.54 Å². The number of aromatic nitrogens is 4. The summed E-state index contributed by atoms with van der Waals surface area (Å²) in [5.74, 6) is 2.70. The minimum absolute atomic E-state index is 0.399. The second-order valence-corrected chi connectivity index (χ2v) is 10.9. The molecule has 11 heteroatoms. The van der Waals surface area contributed by atoms with Crippen molar-refractivity contribution >= 4 is 28.5 Å². The number of rotatable bonds is 10. The van der Waals surface area contributed by atoms with Crippen LogP contribution in [0.15, 0.2) is 66.9 Å². The molecule has 6 rings (SSSR count). The Hall–Kier alpha value is -4.87. The predicted octanol–water partition coefficient (Wildman–Crippen LogP) is 5.36. The number of anilines is 4. The van der Waals surface area contributed by atoms with E-state index in [1.807, 2.05) is 35.7 Å². The van der Waals surface area contributed by atoms with Crippen molar-refractivity contribution in [1.82, 2.24) is 29.4 Å². The highest BCUT2D eigenvalue weighted by atomic mass is 16.5. The first-order valence-electron chi connectivity index (χ1n) is 14.6. The number of nitrogens with zero attached hydrogens (tertiary/aromatic N) is 6. The van der Waals surface area contributed by atoms with E-state index in [0.29, 0.717) is 28.9 Å². The summed E-state index contributed by atoms with van der Waals surface area (Å²) in [7, 11) is 6.92. The minimum atomic E-state index is 0.399. The number of imidazole rings is 1. The molecule has 2 N–H and O–H groups in total. The molecular formula is C33H38N8O3. The summed E-state index contributed by atoms with van der Waals surface area (Å²) >= 11 is 0. The van der Waals surface area contributed by atoms with Crippen molar-refractivity contribution in [3.05, 3.63) is 78.1 Å². The monoisotopic (exact) mass is 594 g/mol. The topological polar surface area (TPSA) is 101 Å². The van der Waals surface area contributed by atoms with Gasteiger partial charge in [0.05, 0.1) is 33.2 Å². The lowest BCUT2D eigenvalue weighted by Crippen LogP contribution is -2.43. The summed E-state index contributed by atoms with van der Waals surface area (Å²) in [5, 5.41) is 11.6. The minimum Gasteiger partial charge on any atom is -0.493 e. The van der Waals surface area contributed by atoms with Gasteiger partial charge >= 0.3 is 0 Å². The number of hydrogen-bond acceptors (Lipinski definition) is 10. The maximum absolute atomic E-state index is 5.49. The van der Waals surface area contributed by atoms with E-state index in [1.54, 1.807) is 27.5 Å². The van der Waals surface area contributed by atoms with Crippen LogP contribution in [0.25, 0.3) is 16.9 Å². The molecule has 3 heterocycles. The fourth-order valence-electron chi connectivity index (χ4n) is 5.41. The number of fused-ring (bicyclic) bond motifs is 1. The maximum Gasteiger partial charge on any atom is 0.245 e. The molecule has 0 radical (unpaired) electrons. The van der Waals surface area contributed by atoms with Gasteiger partial charge in [0.1, 0.15) is 5.52 Å². The van der Waals surface area contributed by atoms with Crippen molar-refractivity contribution in [3.8, 4) is 28.6 Å². The summed E-state index contributed by atoms with van der Waals surface area (Å²) in [4.78, 5) is 14.3. The fraction of sp³-hybridized carbons (Fsp3) is 0.303. The Balaban J connectivity index is 1.21. The molecule has 3 aromatic carbocycles. The van der Waals surface area contributed by atoms with Crippen LogP contribution in [0, 0.1) is 6.92 Å². The number of nitrogens with one attached hydrogen (secondary N) is 2. The van der Waals surface area contributed by atoms with E-state index in [-0.39, 0.29) is 0 Å². The highest BCUT2D eigenvalue weighted by molar-refractivity contribution is 5.71. The SMILES string of the molecule is COc1cc(Nc2ncc3c(C)nc(-c4cccc(Nc5ccc(CN6CCN(C)CC6)cc5)c4)n3n2)cc(OC)c1OC. The van der Waals surface area contributed by atoms with Crippen LogP contribution in [0.4, 0.5) is 23.0 Å². The Kier molecular flexibility index (Phi) is 8.49. The normalized spacial score (nSPS) is 14.0. The third kappa shape index (κ3) is 6.24. The van der Waals surface area contributed by atoms with Gasteiger partial charge in [-0.25, -0.2) is 14.5 Å². The number of piperazine rings is 1. The van der Waals surface area contributed by atoms with Gasteiger partial charge in [-0.05, 0) is 43.8 Å². The van der Waals surface area contributed by atoms with E-state index in [2.05, 4.69) is 68.9 Å². The van der Waals surface area contributed by atoms with Crippen molar-refractivity contribution in [2.75, 3.05) is 65.2 Å². The molecule has 1 saturated heterocycles. The second-order valence-electron chi connectivity index (χ2n) is 10.9. The van der Waals surface area contributed by atoms with Gasteiger partial charge in [0.2, 0.25) is 11.7 Å². The van der Waals surface area contributed by atoms with Crippen molar-refractivity contribution in [2.24, 2.45) is 0 Å². The molecule has 44 heavy (non-hydrogen) atoms. The highest BCUT2D eigenvalue weighted by Crippen LogP contribution is 2.40. The molecule has 0 spiro atoms. The molecule has 0 atom stereocenters. The molecule has 0 amide bonds. The molecule has 0 saturated carbocycles. The Morgan fingerprint density at radius 2 is 1.52 bits per heavy atom. The number of likely N-dealkylation sites (N-methyl/N-ethyl adjacent to an activating group) is 1. The smallest absolute Gasteiger partial charge is 0.245 e. The quantitative estimate of drug-likeness (QED) is 0.220. The molecule has 1 fully saturated rings.